The molecule has 0 aliphatic carbocycles. The van der Waals surface area contributed by atoms with Crippen molar-refractivity contribution in [2.75, 3.05) is 37.6 Å². The second-order valence-electron chi connectivity index (χ2n) is 4.05. The highest BCUT2D eigenvalue weighted by atomic mass is 16.4. The minimum absolute atomic E-state index is 0.213. The Labute approximate surface area is 99.9 Å². The smallest absolute Gasteiger partial charge is 0.304 e. The van der Waals surface area contributed by atoms with Gasteiger partial charge in [0.25, 0.3) is 0 Å². The van der Waals surface area contributed by atoms with Gasteiger partial charge in [0.2, 0.25) is 0 Å². The van der Waals surface area contributed by atoms with E-state index in [4.69, 9.17) is 5.11 Å². The van der Waals surface area contributed by atoms with Crippen molar-refractivity contribution in [2.24, 2.45) is 0 Å². The maximum atomic E-state index is 10.5. The van der Waals surface area contributed by atoms with Crippen LogP contribution >= 0.6 is 0 Å². The number of carbonyl (C=O) groups is 1. The number of aliphatic carboxylic acids is 1. The first-order valence-corrected chi connectivity index (χ1v) is 5.72. The van der Waals surface area contributed by atoms with Crippen molar-refractivity contribution in [2.45, 2.75) is 6.42 Å². The number of aromatic nitrogens is 2. The van der Waals surface area contributed by atoms with Crippen LogP contribution in [0.25, 0.3) is 0 Å². The molecule has 0 atom stereocenters. The third kappa shape index (κ3) is 3.39. The van der Waals surface area contributed by atoms with Crippen molar-refractivity contribution < 1.29 is 9.90 Å². The Morgan fingerprint density at radius 3 is 2.71 bits per heavy atom. The lowest BCUT2D eigenvalue weighted by molar-refractivity contribution is -0.137. The Hall–Kier alpha value is -1.69. The number of anilines is 1. The van der Waals surface area contributed by atoms with Crippen molar-refractivity contribution in [1.82, 2.24) is 15.1 Å². The molecule has 1 aliphatic rings. The molecule has 0 aromatic carbocycles. The first-order chi connectivity index (χ1) is 8.25. The molecule has 6 heteroatoms. The zero-order valence-corrected chi connectivity index (χ0v) is 9.62. The van der Waals surface area contributed by atoms with Crippen molar-refractivity contribution >= 4 is 11.8 Å². The van der Waals surface area contributed by atoms with Gasteiger partial charge in [0, 0.05) is 38.9 Å². The summed E-state index contributed by atoms with van der Waals surface area (Å²) in [6.07, 6.45) is 1.87. The quantitative estimate of drug-likeness (QED) is 0.798. The molecule has 1 aromatic rings. The molecular formula is C11H16N4O2. The summed E-state index contributed by atoms with van der Waals surface area (Å²) in [6, 6.07) is 3.82. The summed E-state index contributed by atoms with van der Waals surface area (Å²) in [7, 11) is 0. The minimum Gasteiger partial charge on any atom is -0.481 e. The molecule has 0 unspecified atom stereocenters. The molecule has 92 valence electrons. The highest BCUT2D eigenvalue weighted by Gasteiger charge is 2.18. The van der Waals surface area contributed by atoms with Gasteiger partial charge in [-0.1, -0.05) is 0 Å². The van der Waals surface area contributed by atoms with Gasteiger partial charge < -0.3 is 10.0 Å². The van der Waals surface area contributed by atoms with E-state index in [-0.39, 0.29) is 6.42 Å². The van der Waals surface area contributed by atoms with Gasteiger partial charge in [-0.2, -0.15) is 5.10 Å². The molecule has 1 fully saturated rings. The summed E-state index contributed by atoms with van der Waals surface area (Å²) in [4.78, 5) is 14.8. The van der Waals surface area contributed by atoms with Gasteiger partial charge in [-0.05, 0) is 12.1 Å². The zero-order valence-electron chi connectivity index (χ0n) is 9.62. The molecule has 2 rings (SSSR count). The van der Waals surface area contributed by atoms with Crippen LogP contribution in [0.2, 0.25) is 0 Å². The van der Waals surface area contributed by atoms with Gasteiger partial charge in [-0.15, -0.1) is 5.10 Å². The van der Waals surface area contributed by atoms with Gasteiger partial charge in [0.05, 0.1) is 6.42 Å². The third-order valence-corrected chi connectivity index (χ3v) is 2.90. The predicted molar refractivity (Wildman–Crippen MR) is 62.9 cm³/mol. The number of carboxylic acid groups (broad SMARTS) is 1. The van der Waals surface area contributed by atoms with Crippen molar-refractivity contribution in [3.63, 3.8) is 0 Å². The molecule has 17 heavy (non-hydrogen) atoms. The number of rotatable bonds is 4. The van der Waals surface area contributed by atoms with Gasteiger partial charge in [0.1, 0.15) is 0 Å². The highest BCUT2D eigenvalue weighted by Crippen LogP contribution is 2.11. The van der Waals surface area contributed by atoms with E-state index in [1.807, 2.05) is 12.1 Å². The molecule has 0 spiro atoms. The molecule has 2 heterocycles. The maximum Gasteiger partial charge on any atom is 0.304 e. The number of piperazine rings is 1. The van der Waals surface area contributed by atoms with E-state index in [0.29, 0.717) is 6.54 Å². The molecule has 1 saturated heterocycles. The van der Waals surface area contributed by atoms with Crippen LogP contribution in [0.4, 0.5) is 5.82 Å². The van der Waals surface area contributed by atoms with Crippen LogP contribution in [0.1, 0.15) is 6.42 Å². The standard InChI is InChI=1S/C11H16N4O2/c16-11(17)3-5-14-6-8-15(9-7-14)10-2-1-4-12-13-10/h1-2,4H,3,5-9H2,(H,16,17). The van der Waals surface area contributed by atoms with E-state index < -0.39 is 5.97 Å². The average molecular weight is 236 g/mol. The maximum absolute atomic E-state index is 10.5. The van der Waals surface area contributed by atoms with E-state index in [2.05, 4.69) is 20.0 Å². The average Bonchev–Trinajstić information content (AvgIpc) is 2.38. The van der Waals surface area contributed by atoms with Crippen LogP contribution in [0, 0.1) is 0 Å². The van der Waals surface area contributed by atoms with Crippen LogP contribution in [-0.2, 0) is 4.79 Å². The summed E-state index contributed by atoms with van der Waals surface area (Å²) < 4.78 is 0. The summed E-state index contributed by atoms with van der Waals surface area (Å²) >= 11 is 0. The normalized spacial score (nSPS) is 17.1. The number of nitrogens with zero attached hydrogens (tertiary/aromatic N) is 4. The molecule has 0 saturated carbocycles. The zero-order chi connectivity index (χ0) is 12.1. The largest absolute Gasteiger partial charge is 0.481 e. The van der Waals surface area contributed by atoms with E-state index in [9.17, 15) is 4.79 Å². The number of carboxylic acids is 1. The van der Waals surface area contributed by atoms with Crippen molar-refractivity contribution in [3.8, 4) is 0 Å². The molecule has 1 aromatic heterocycles. The monoisotopic (exact) mass is 236 g/mol. The number of hydrogen-bond donors (Lipinski definition) is 1. The lowest BCUT2D eigenvalue weighted by atomic mass is 10.3. The Kier molecular flexibility index (Phi) is 3.87. The van der Waals surface area contributed by atoms with Crippen molar-refractivity contribution in [3.05, 3.63) is 18.3 Å². The van der Waals surface area contributed by atoms with Gasteiger partial charge in [-0.3, -0.25) is 9.69 Å². The van der Waals surface area contributed by atoms with Crippen LogP contribution in [0.3, 0.4) is 0 Å². The Bertz CT molecular complexity index is 363. The second-order valence-corrected chi connectivity index (χ2v) is 4.05. The van der Waals surface area contributed by atoms with E-state index in [0.717, 1.165) is 32.0 Å². The fraction of sp³-hybridized carbons (Fsp3) is 0.545. The molecule has 0 amide bonds. The van der Waals surface area contributed by atoms with Crippen molar-refractivity contribution in [1.29, 1.82) is 0 Å². The molecule has 0 bridgehead atoms. The minimum atomic E-state index is -0.735. The summed E-state index contributed by atoms with van der Waals surface area (Å²) in [5.41, 5.74) is 0. The topological polar surface area (TPSA) is 69.6 Å². The SMILES string of the molecule is O=C(O)CCN1CCN(c2cccnn2)CC1. The van der Waals surface area contributed by atoms with E-state index in [1.54, 1.807) is 6.20 Å². The second kappa shape index (κ2) is 5.58. The first-order valence-electron chi connectivity index (χ1n) is 5.72. The van der Waals surface area contributed by atoms with Gasteiger partial charge in [-0.25, -0.2) is 0 Å². The highest BCUT2D eigenvalue weighted by molar-refractivity contribution is 5.66. The molecule has 0 radical (unpaired) electrons. The Balaban J connectivity index is 1.80. The predicted octanol–water partition coefficient (Wildman–Crippen LogP) is 0.0733. The Morgan fingerprint density at radius 2 is 2.12 bits per heavy atom. The van der Waals surface area contributed by atoms with Crippen LogP contribution < -0.4 is 4.90 Å². The third-order valence-electron chi connectivity index (χ3n) is 2.90. The Morgan fingerprint density at radius 1 is 1.35 bits per heavy atom. The fourth-order valence-electron chi connectivity index (χ4n) is 1.92. The first kappa shape index (κ1) is 11.8. The lowest BCUT2D eigenvalue weighted by Crippen LogP contribution is -2.47. The summed E-state index contributed by atoms with van der Waals surface area (Å²) in [5, 5.41) is 16.5. The van der Waals surface area contributed by atoms with E-state index >= 15 is 0 Å². The molecule has 1 aliphatic heterocycles. The van der Waals surface area contributed by atoms with Gasteiger partial charge >= 0.3 is 5.97 Å². The summed E-state index contributed by atoms with van der Waals surface area (Å²) in [5.74, 6) is 0.159. The van der Waals surface area contributed by atoms with Crippen LogP contribution in [0.5, 0.6) is 0 Å². The van der Waals surface area contributed by atoms with Crippen LogP contribution in [0.15, 0.2) is 18.3 Å². The van der Waals surface area contributed by atoms with E-state index in [1.165, 1.54) is 0 Å². The molecule has 1 N–H and O–H groups in total. The fourth-order valence-corrected chi connectivity index (χ4v) is 1.92. The number of hydrogen-bond acceptors (Lipinski definition) is 5. The molecular weight excluding hydrogens is 220 g/mol. The lowest BCUT2D eigenvalue weighted by Gasteiger charge is -2.34. The van der Waals surface area contributed by atoms with Gasteiger partial charge in [0.15, 0.2) is 5.82 Å². The van der Waals surface area contributed by atoms with Crippen LogP contribution in [-0.4, -0.2) is 58.9 Å². The molecule has 6 nitrogen and oxygen atoms in total. The summed E-state index contributed by atoms with van der Waals surface area (Å²) in [6.45, 7) is 4.13.